The summed E-state index contributed by atoms with van der Waals surface area (Å²) >= 11 is 0. The Kier molecular flexibility index (Phi) is 5.89. The standard InChI is InChI=1S/C27H32N6O3/c1-6-15(2)30-26(36)22-10-27(5)11-23(27)33(22)24(35)14-32-21-8-7-18(19-12-28-17(4)29-13-19)9-20(21)25(31-32)16(3)34/h7-9,12-13,15,22-23H,6,10-11,14H2,1-5H3,(H,30,36)/t15-,22+,23-,27+/m1/s1. The van der Waals surface area contributed by atoms with Crippen molar-refractivity contribution in [2.24, 2.45) is 5.41 Å². The first-order chi connectivity index (χ1) is 17.1. The number of fused-ring (bicyclic) bond motifs is 2. The van der Waals surface area contributed by atoms with Crippen molar-refractivity contribution in [3.8, 4) is 11.1 Å². The van der Waals surface area contributed by atoms with Gasteiger partial charge in [0, 0.05) is 42.4 Å². The number of rotatable bonds is 7. The maximum absolute atomic E-state index is 13.6. The van der Waals surface area contributed by atoms with Gasteiger partial charge < -0.3 is 10.2 Å². The van der Waals surface area contributed by atoms with Gasteiger partial charge in [-0.2, -0.15) is 5.10 Å². The third-order valence-electron chi connectivity index (χ3n) is 7.71. The molecule has 5 rings (SSSR count). The predicted molar refractivity (Wildman–Crippen MR) is 135 cm³/mol. The molecule has 9 heteroatoms. The summed E-state index contributed by atoms with van der Waals surface area (Å²) in [5.41, 5.74) is 2.71. The lowest BCUT2D eigenvalue weighted by molar-refractivity contribution is -0.140. The molecule has 1 saturated heterocycles. The monoisotopic (exact) mass is 488 g/mol. The molecule has 3 aromatic rings. The molecule has 0 unspecified atom stereocenters. The third kappa shape index (κ3) is 4.16. The van der Waals surface area contributed by atoms with Crippen LogP contribution in [0.1, 0.15) is 63.3 Å². The van der Waals surface area contributed by atoms with E-state index in [1.165, 1.54) is 6.92 Å². The van der Waals surface area contributed by atoms with Gasteiger partial charge in [0.1, 0.15) is 24.1 Å². The fraction of sp³-hybridized carbons (Fsp3) is 0.481. The normalized spacial score (nSPS) is 23.4. The van der Waals surface area contributed by atoms with E-state index in [1.807, 2.05) is 39.0 Å². The maximum Gasteiger partial charge on any atom is 0.245 e. The van der Waals surface area contributed by atoms with Gasteiger partial charge in [0.25, 0.3) is 0 Å². The molecule has 1 aliphatic heterocycles. The fourth-order valence-electron chi connectivity index (χ4n) is 5.29. The molecule has 188 valence electrons. The van der Waals surface area contributed by atoms with Gasteiger partial charge in [0.15, 0.2) is 5.78 Å². The maximum atomic E-state index is 13.6. The minimum absolute atomic E-state index is 0.00510. The van der Waals surface area contributed by atoms with Gasteiger partial charge in [-0.25, -0.2) is 9.97 Å². The van der Waals surface area contributed by atoms with E-state index in [9.17, 15) is 14.4 Å². The van der Waals surface area contributed by atoms with Gasteiger partial charge in [-0.3, -0.25) is 19.1 Å². The fourth-order valence-corrected chi connectivity index (χ4v) is 5.29. The Labute approximate surface area is 210 Å². The number of hydrogen-bond acceptors (Lipinski definition) is 6. The number of carbonyl (C=O) groups is 3. The van der Waals surface area contributed by atoms with Crippen LogP contribution in [-0.4, -0.2) is 60.4 Å². The van der Waals surface area contributed by atoms with E-state index < -0.39 is 6.04 Å². The summed E-state index contributed by atoms with van der Waals surface area (Å²) in [6.45, 7) is 9.40. The number of amides is 2. The second-order valence-corrected chi connectivity index (χ2v) is 10.5. The Morgan fingerprint density at radius 1 is 1.17 bits per heavy atom. The quantitative estimate of drug-likeness (QED) is 0.511. The molecule has 9 nitrogen and oxygen atoms in total. The number of Topliss-reactive ketones (excluding diaryl/α,β-unsaturated/α-hetero) is 1. The van der Waals surface area contributed by atoms with Crippen molar-refractivity contribution in [2.75, 3.05) is 0 Å². The number of piperidine rings is 1. The van der Waals surface area contributed by atoms with Gasteiger partial charge in [-0.1, -0.05) is 19.9 Å². The Morgan fingerprint density at radius 2 is 1.89 bits per heavy atom. The molecule has 1 N–H and O–H groups in total. The molecule has 1 saturated carbocycles. The summed E-state index contributed by atoms with van der Waals surface area (Å²) in [6.07, 6.45) is 5.90. The van der Waals surface area contributed by atoms with Crippen LogP contribution in [0.15, 0.2) is 30.6 Å². The largest absolute Gasteiger partial charge is 0.352 e. The Hall–Kier alpha value is -3.62. The van der Waals surface area contributed by atoms with E-state index in [0.29, 0.717) is 28.8 Å². The molecule has 1 aliphatic carbocycles. The molecule has 1 aromatic carbocycles. The second kappa shape index (κ2) is 8.80. The number of ketones is 1. The Balaban J connectivity index is 1.45. The van der Waals surface area contributed by atoms with E-state index in [2.05, 4.69) is 27.3 Å². The minimum Gasteiger partial charge on any atom is -0.352 e. The SMILES string of the molecule is CC[C@@H](C)NC(=O)[C@@H]1C[C@@]2(C)C[C@H]2N1C(=O)Cn1nc(C(C)=O)c2cc(-c3cnc(C)nc3)ccc21. The number of carbonyl (C=O) groups excluding carboxylic acids is 3. The van der Waals surface area contributed by atoms with Crippen molar-refractivity contribution in [3.63, 3.8) is 0 Å². The van der Waals surface area contributed by atoms with Crippen LogP contribution in [0.2, 0.25) is 0 Å². The average Bonchev–Trinajstić information content (AvgIpc) is 3.21. The van der Waals surface area contributed by atoms with Gasteiger partial charge in [0.2, 0.25) is 11.8 Å². The zero-order valence-electron chi connectivity index (χ0n) is 21.4. The lowest BCUT2D eigenvalue weighted by Crippen LogP contribution is -2.50. The van der Waals surface area contributed by atoms with Gasteiger partial charge in [-0.15, -0.1) is 0 Å². The van der Waals surface area contributed by atoms with Gasteiger partial charge >= 0.3 is 0 Å². The second-order valence-electron chi connectivity index (χ2n) is 10.5. The van der Waals surface area contributed by atoms with E-state index in [4.69, 9.17) is 0 Å². The number of nitrogens with one attached hydrogen (secondary N) is 1. The summed E-state index contributed by atoms with van der Waals surface area (Å²) < 4.78 is 1.59. The van der Waals surface area contributed by atoms with E-state index in [0.717, 1.165) is 24.0 Å². The number of aromatic nitrogens is 4. The highest BCUT2D eigenvalue weighted by molar-refractivity contribution is 6.06. The summed E-state index contributed by atoms with van der Waals surface area (Å²) in [5.74, 6) is 0.262. The Bertz CT molecular complexity index is 1360. The number of likely N-dealkylation sites (tertiary alicyclic amines) is 1. The molecule has 4 atom stereocenters. The first-order valence-electron chi connectivity index (χ1n) is 12.5. The minimum atomic E-state index is -0.475. The topological polar surface area (TPSA) is 110 Å². The summed E-state index contributed by atoms with van der Waals surface area (Å²) in [7, 11) is 0. The molecular weight excluding hydrogens is 456 g/mol. The summed E-state index contributed by atoms with van der Waals surface area (Å²) in [5, 5.41) is 8.24. The molecule has 0 bridgehead atoms. The molecule has 2 fully saturated rings. The van der Waals surface area contributed by atoms with Crippen molar-refractivity contribution < 1.29 is 14.4 Å². The van der Waals surface area contributed by atoms with Crippen molar-refractivity contribution in [2.45, 2.75) is 78.6 Å². The third-order valence-corrected chi connectivity index (χ3v) is 7.71. The van der Waals surface area contributed by atoms with Crippen LogP contribution >= 0.6 is 0 Å². The molecular formula is C27H32N6O3. The van der Waals surface area contributed by atoms with Crippen molar-refractivity contribution in [1.29, 1.82) is 0 Å². The van der Waals surface area contributed by atoms with Crippen LogP contribution in [0.4, 0.5) is 0 Å². The van der Waals surface area contributed by atoms with E-state index in [-0.39, 0.29) is 41.6 Å². The lowest BCUT2D eigenvalue weighted by Gasteiger charge is -2.28. The molecule has 2 aliphatic rings. The van der Waals surface area contributed by atoms with Crippen LogP contribution in [0, 0.1) is 12.3 Å². The molecule has 36 heavy (non-hydrogen) atoms. The first-order valence-corrected chi connectivity index (χ1v) is 12.5. The number of nitrogens with zero attached hydrogens (tertiary/aromatic N) is 5. The Morgan fingerprint density at radius 3 is 2.56 bits per heavy atom. The van der Waals surface area contributed by atoms with Crippen molar-refractivity contribution >= 4 is 28.5 Å². The van der Waals surface area contributed by atoms with Crippen LogP contribution in [-0.2, 0) is 16.1 Å². The lowest BCUT2D eigenvalue weighted by atomic mass is 10.0. The number of benzene rings is 1. The van der Waals surface area contributed by atoms with Crippen LogP contribution in [0.25, 0.3) is 22.0 Å². The van der Waals surface area contributed by atoms with Crippen molar-refractivity contribution in [3.05, 3.63) is 42.1 Å². The van der Waals surface area contributed by atoms with Crippen molar-refractivity contribution in [1.82, 2.24) is 30.0 Å². The van der Waals surface area contributed by atoms with Gasteiger partial charge in [-0.05, 0) is 56.2 Å². The molecule has 3 heterocycles. The molecule has 2 aromatic heterocycles. The van der Waals surface area contributed by atoms with E-state index >= 15 is 0 Å². The molecule has 0 radical (unpaired) electrons. The zero-order valence-corrected chi connectivity index (χ0v) is 21.4. The number of hydrogen-bond donors (Lipinski definition) is 1. The highest BCUT2D eigenvalue weighted by Crippen LogP contribution is 2.59. The summed E-state index contributed by atoms with van der Waals surface area (Å²) in [6, 6.07) is 5.33. The number of aryl methyl sites for hydroxylation is 1. The van der Waals surface area contributed by atoms with Crippen LogP contribution in [0.3, 0.4) is 0 Å². The highest BCUT2D eigenvalue weighted by atomic mass is 16.2. The molecule has 2 amide bonds. The summed E-state index contributed by atoms with van der Waals surface area (Å²) in [4.78, 5) is 49.3. The smallest absolute Gasteiger partial charge is 0.245 e. The molecule has 0 spiro atoms. The van der Waals surface area contributed by atoms with Crippen LogP contribution < -0.4 is 5.32 Å². The highest BCUT2D eigenvalue weighted by Gasteiger charge is 2.64. The zero-order chi connectivity index (χ0) is 25.8. The average molecular weight is 489 g/mol. The first kappa shape index (κ1) is 24.1. The van der Waals surface area contributed by atoms with Crippen LogP contribution in [0.5, 0.6) is 0 Å². The predicted octanol–water partition coefficient (Wildman–Crippen LogP) is 3.30. The van der Waals surface area contributed by atoms with Gasteiger partial charge in [0.05, 0.1) is 5.52 Å². The van der Waals surface area contributed by atoms with E-state index in [1.54, 1.807) is 22.0 Å².